The topological polar surface area (TPSA) is 99.9 Å². The fourth-order valence-corrected chi connectivity index (χ4v) is 3.62. The molecule has 1 saturated heterocycles. The summed E-state index contributed by atoms with van der Waals surface area (Å²) in [6, 6.07) is 7.94. The zero-order chi connectivity index (χ0) is 21.8. The van der Waals surface area contributed by atoms with E-state index in [2.05, 4.69) is 4.98 Å². The summed E-state index contributed by atoms with van der Waals surface area (Å²) < 4.78 is 0. The second-order valence-electron chi connectivity index (χ2n) is 7.43. The Hall–Kier alpha value is -3.49. The molecule has 2 amide bonds. The molecule has 1 aliphatic heterocycles. The SMILES string of the molecule is CC(=O)N1CCN(c2ccc(C(=O)N(c3cccnc3)C(C)C)cc2[N+](=O)[O-])CC1. The molecule has 1 fully saturated rings. The van der Waals surface area contributed by atoms with Crippen molar-refractivity contribution in [1.29, 1.82) is 0 Å². The highest BCUT2D eigenvalue weighted by atomic mass is 16.6. The van der Waals surface area contributed by atoms with Crippen LogP contribution in [0.5, 0.6) is 0 Å². The molecule has 9 heteroatoms. The summed E-state index contributed by atoms with van der Waals surface area (Å²) in [4.78, 5) is 45.2. The van der Waals surface area contributed by atoms with Gasteiger partial charge in [-0.2, -0.15) is 0 Å². The number of carbonyl (C=O) groups is 2. The van der Waals surface area contributed by atoms with Crippen molar-refractivity contribution in [3.63, 3.8) is 0 Å². The first-order chi connectivity index (χ1) is 14.3. The summed E-state index contributed by atoms with van der Waals surface area (Å²) in [6.07, 6.45) is 3.22. The first-order valence-electron chi connectivity index (χ1n) is 9.82. The van der Waals surface area contributed by atoms with Crippen molar-refractivity contribution in [3.8, 4) is 0 Å². The van der Waals surface area contributed by atoms with Crippen molar-refractivity contribution in [3.05, 3.63) is 58.4 Å². The van der Waals surface area contributed by atoms with E-state index in [-0.39, 0.29) is 29.1 Å². The number of amides is 2. The molecular formula is C21H25N5O4. The zero-order valence-electron chi connectivity index (χ0n) is 17.3. The quantitative estimate of drug-likeness (QED) is 0.554. The Morgan fingerprint density at radius 1 is 1.17 bits per heavy atom. The van der Waals surface area contributed by atoms with Crippen LogP contribution in [-0.2, 0) is 4.79 Å². The molecule has 0 radical (unpaired) electrons. The number of pyridine rings is 1. The van der Waals surface area contributed by atoms with Crippen LogP contribution in [0.3, 0.4) is 0 Å². The number of anilines is 2. The van der Waals surface area contributed by atoms with Gasteiger partial charge in [-0.25, -0.2) is 0 Å². The molecule has 0 saturated carbocycles. The van der Waals surface area contributed by atoms with Gasteiger partial charge >= 0.3 is 0 Å². The Kier molecular flexibility index (Phi) is 6.29. The molecule has 1 aromatic heterocycles. The number of aromatic nitrogens is 1. The number of hydrogen-bond donors (Lipinski definition) is 0. The highest BCUT2D eigenvalue weighted by molar-refractivity contribution is 6.07. The van der Waals surface area contributed by atoms with Crippen LogP contribution in [0.2, 0.25) is 0 Å². The van der Waals surface area contributed by atoms with Gasteiger partial charge in [0.1, 0.15) is 5.69 Å². The van der Waals surface area contributed by atoms with Gasteiger partial charge in [0.15, 0.2) is 0 Å². The van der Waals surface area contributed by atoms with E-state index in [0.717, 1.165) is 0 Å². The van der Waals surface area contributed by atoms with Crippen molar-refractivity contribution in [2.24, 2.45) is 0 Å². The van der Waals surface area contributed by atoms with Crippen LogP contribution in [0.1, 0.15) is 31.1 Å². The molecule has 0 bridgehead atoms. The number of nitro benzene ring substituents is 1. The smallest absolute Gasteiger partial charge is 0.293 e. The van der Waals surface area contributed by atoms with E-state index in [0.29, 0.717) is 37.6 Å². The Balaban J connectivity index is 1.90. The summed E-state index contributed by atoms with van der Waals surface area (Å²) >= 11 is 0. The lowest BCUT2D eigenvalue weighted by Crippen LogP contribution is -2.48. The maximum absolute atomic E-state index is 13.2. The normalized spacial score (nSPS) is 14.0. The average molecular weight is 411 g/mol. The van der Waals surface area contributed by atoms with Crippen molar-refractivity contribution >= 4 is 28.9 Å². The molecule has 30 heavy (non-hydrogen) atoms. The van der Waals surface area contributed by atoms with Gasteiger partial charge in [0.25, 0.3) is 11.6 Å². The number of carbonyl (C=O) groups excluding carboxylic acids is 2. The van der Waals surface area contributed by atoms with Gasteiger partial charge in [-0.05, 0) is 38.1 Å². The molecule has 158 valence electrons. The summed E-state index contributed by atoms with van der Waals surface area (Å²) in [5, 5.41) is 11.8. The van der Waals surface area contributed by atoms with Crippen LogP contribution in [0.25, 0.3) is 0 Å². The third-order valence-corrected chi connectivity index (χ3v) is 5.14. The Morgan fingerprint density at radius 2 is 1.87 bits per heavy atom. The fraction of sp³-hybridized carbons (Fsp3) is 0.381. The van der Waals surface area contributed by atoms with Crippen LogP contribution in [0.15, 0.2) is 42.7 Å². The maximum atomic E-state index is 13.2. The molecule has 2 heterocycles. The number of benzene rings is 1. The molecule has 1 aromatic carbocycles. The number of nitrogens with zero attached hydrogens (tertiary/aromatic N) is 5. The van der Waals surface area contributed by atoms with Gasteiger partial charge in [-0.3, -0.25) is 24.7 Å². The van der Waals surface area contributed by atoms with Gasteiger partial charge in [-0.15, -0.1) is 0 Å². The molecule has 0 N–H and O–H groups in total. The molecular weight excluding hydrogens is 386 g/mol. The summed E-state index contributed by atoms with van der Waals surface area (Å²) in [5.74, 6) is -0.330. The summed E-state index contributed by atoms with van der Waals surface area (Å²) in [7, 11) is 0. The van der Waals surface area contributed by atoms with E-state index in [1.165, 1.54) is 13.0 Å². The van der Waals surface area contributed by atoms with E-state index in [1.807, 2.05) is 18.7 Å². The molecule has 3 rings (SSSR count). The van der Waals surface area contributed by atoms with E-state index in [4.69, 9.17) is 0 Å². The van der Waals surface area contributed by atoms with Crippen LogP contribution >= 0.6 is 0 Å². The largest absolute Gasteiger partial charge is 0.362 e. The monoisotopic (exact) mass is 411 g/mol. The Morgan fingerprint density at radius 3 is 2.40 bits per heavy atom. The van der Waals surface area contributed by atoms with Crippen LogP contribution in [0, 0.1) is 10.1 Å². The summed E-state index contributed by atoms with van der Waals surface area (Å²) in [6.45, 7) is 7.29. The van der Waals surface area contributed by atoms with Gasteiger partial charge in [0.05, 0.1) is 16.8 Å². The fourth-order valence-electron chi connectivity index (χ4n) is 3.62. The number of rotatable bonds is 5. The highest BCUT2D eigenvalue weighted by Crippen LogP contribution is 2.31. The molecule has 0 aliphatic carbocycles. The van der Waals surface area contributed by atoms with Gasteiger partial charge in [0.2, 0.25) is 5.91 Å². The minimum Gasteiger partial charge on any atom is -0.362 e. The van der Waals surface area contributed by atoms with Crippen molar-refractivity contribution in [1.82, 2.24) is 9.88 Å². The number of hydrogen-bond acceptors (Lipinski definition) is 6. The minimum absolute atomic E-state index is 0.00530. The first kappa shape index (κ1) is 21.2. The maximum Gasteiger partial charge on any atom is 0.293 e. The second kappa shape index (κ2) is 8.89. The van der Waals surface area contributed by atoms with Crippen molar-refractivity contribution in [2.45, 2.75) is 26.8 Å². The standard InChI is InChI=1S/C21H25N5O4/c1-15(2)25(18-5-4-8-22-14-18)21(28)17-6-7-19(20(13-17)26(29)30)24-11-9-23(10-12-24)16(3)27/h4-8,13-15H,9-12H2,1-3H3. The van der Waals surface area contributed by atoms with Crippen LogP contribution in [0.4, 0.5) is 17.1 Å². The number of nitro groups is 1. The van der Waals surface area contributed by atoms with E-state index < -0.39 is 4.92 Å². The molecule has 2 aromatic rings. The van der Waals surface area contributed by atoms with Crippen molar-refractivity contribution in [2.75, 3.05) is 36.0 Å². The second-order valence-corrected chi connectivity index (χ2v) is 7.43. The molecule has 0 atom stereocenters. The Bertz CT molecular complexity index is 940. The zero-order valence-corrected chi connectivity index (χ0v) is 17.3. The lowest BCUT2D eigenvalue weighted by Gasteiger charge is -2.35. The van der Waals surface area contributed by atoms with Crippen LogP contribution in [-0.4, -0.2) is 58.8 Å². The summed E-state index contributed by atoms with van der Waals surface area (Å²) in [5.41, 5.74) is 1.21. The van der Waals surface area contributed by atoms with E-state index >= 15 is 0 Å². The lowest BCUT2D eigenvalue weighted by molar-refractivity contribution is -0.384. The third kappa shape index (κ3) is 4.40. The minimum atomic E-state index is -0.465. The van der Waals surface area contributed by atoms with Gasteiger partial charge < -0.3 is 14.7 Å². The lowest BCUT2D eigenvalue weighted by atomic mass is 10.1. The molecule has 1 aliphatic rings. The number of piperazine rings is 1. The predicted molar refractivity (Wildman–Crippen MR) is 114 cm³/mol. The van der Waals surface area contributed by atoms with Crippen molar-refractivity contribution < 1.29 is 14.5 Å². The third-order valence-electron chi connectivity index (χ3n) is 5.14. The van der Waals surface area contributed by atoms with Gasteiger partial charge in [0, 0.05) is 57.0 Å². The average Bonchev–Trinajstić information content (AvgIpc) is 2.74. The predicted octanol–water partition coefficient (Wildman–Crippen LogP) is 2.71. The van der Waals surface area contributed by atoms with Crippen LogP contribution < -0.4 is 9.80 Å². The van der Waals surface area contributed by atoms with E-state index in [1.54, 1.807) is 46.5 Å². The Labute approximate surface area is 175 Å². The first-order valence-corrected chi connectivity index (χ1v) is 9.82. The molecule has 0 unspecified atom stereocenters. The highest BCUT2D eigenvalue weighted by Gasteiger charge is 2.28. The molecule has 9 nitrogen and oxygen atoms in total. The van der Waals surface area contributed by atoms with E-state index in [9.17, 15) is 19.7 Å². The molecule has 0 spiro atoms. The van der Waals surface area contributed by atoms with Gasteiger partial charge in [-0.1, -0.05) is 0 Å².